The van der Waals surface area contributed by atoms with Crippen molar-refractivity contribution in [3.05, 3.63) is 59.4 Å². The molecule has 4 rings (SSSR count). The lowest BCUT2D eigenvalue weighted by atomic mass is 10.1. The average molecular weight is 406 g/mol. The molecule has 2 aromatic carbocycles. The third kappa shape index (κ3) is 4.30. The van der Waals surface area contributed by atoms with E-state index in [0.29, 0.717) is 18.7 Å². The molecule has 7 heteroatoms. The van der Waals surface area contributed by atoms with Crippen LogP contribution in [0, 0.1) is 13.8 Å². The number of carbonyl (C=O) groups is 2. The predicted octanol–water partition coefficient (Wildman–Crippen LogP) is 3.71. The number of fused-ring (bicyclic) bond motifs is 1. The lowest BCUT2D eigenvalue weighted by Crippen LogP contribution is -2.31. The van der Waals surface area contributed by atoms with Gasteiger partial charge in [0.05, 0.1) is 17.4 Å². The summed E-state index contributed by atoms with van der Waals surface area (Å²) < 4.78 is 1.98. The molecule has 2 N–H and O–H groups in total. The number of imidazole rings is 1. The Kier molecular flexibility index (Phi) is 5.70. The SMILES string of the molecule is Cc1ccc(C)c(NC(=O)NCCn2cnc3cc(C(=O)N4CCCC4)ccc32)c1. The van der Waals surface area contributed by atoms with Crippen molar-refractivity contribution in [1.29, 1.82) is 0 Å². The standard InChI is InChI=1S/C23H27N5O2/c1-16-5-6-17(2)19(13-16)26-23(30)24-9-12-28-15-25-20-14-18(7-8-21(20)28)22(29)27-10-3-4-11-27/h5-8,13-15H,3-4,9-12H2,1-2H3,(H2,24,26,30). The summed E-state index contributed by atoms with van der Waals surface area (Å²) in [5.41, 5.74) is 5.36. The van der Waals surface area contributed by atoms with Crippen LogP contribution in [0.15, 0.2) is 42.7 Å². The van der Waals surface area contributed by atoms with Crippen LogP contribution in [0.2, 0.25) is 0 Å². The van der Waals surface area contributed by atoms with E-state index in [1.165, 1.54) is 0 Å². The van der Waals surface area contributed by atoms with E-state index < -0.39 is 0 Å². The van der Waals surface area contributed by atoms with Gasteiger partial charge >= 0.3 is 6.03 Å². The molecule has 30 heavy (non-hydrogen) atoms. The highest BCUT2D eigenvalue weighted by atomic mass is 16.2. The van der Waals surface area contributed by atoms with Crippen LogP contribution >= 0.6 is 0 Å². The van der Waals surface area contributed by atoms with Crippen molar-refractivity contribution in [2.24, 2.45) is 0 Å². The van der Waals surface area contributed by atoms with Gasteiger partial charge in [-0.1, -0.05) is 12.1 Å². The fraction of sp³-hybridized carbons (Fsp3) is 0.348. The molecule has 3 aromatic rings. The van der Waals surface area contributed by atoms with Gasteiger partial charge in [-0.2, -0.15) is 0 Å². The van der Waals surface area contributed by atoms with Crippen LogP contribution < -0.4 is 10.6 Å². The van der Waals surface area contributed by atoms with Crippen molar-refractivity contribution in [2.75, 3.05) is 25.0 Å². The number of anilines is 1. The lowest BCUT2D eigenvalue weighted by molar-refractivity contribution is 0.0793. The smallest absolute Gasteiger partial charge is 0.319 e. The second-order valence-electron chi connectivity index (χ2n) is 7.84. The summed E-state index contributed by atoms with van der Waals surface area (Å²) in [6, 6.07) is 11.4. The van der Waals surface area contributed by atoms with Crippen LogP contribution in [0.25, 0.3) is 11.0 Å². The van der Waals surface area contributed by atoms with Crippen molar-refractivity contribution in [3.8, 4) is 0 Å². The Labute approximate surface area is 176 Å². The summed E-state index contributed by atoms with van der Waals surface area (Å²) in [6.07, 6.45) is 3.90. The highest BCUT2D eigenvalue weighted by molar-refractivity contribution is 5.97. The Morgan fingerprint density at radius 3 is 2.67 bits per heavy atom. The quantitative estimate of drug-likeness (QED) is 0.679. The highest BCUT2D eigenvalue weighted by Gasteiger charge is 2.20. The summed E-state index contributed by atoms with van der Waals surface area (Å²) in [5.74, 6) is 0.0775. The van der Waals surface area contributed by atoms with E-state index in [9.17, 15) is 9.59 Å². The van der Waals surface area contributed by atoms with Crippen LogP contribution in [-0.4, -0.2) is 46.0 Å². The number of aryl methyl sites for hydroxylation is 2. The number of rotatable bonds is 5. The topological polar surface area (TPSA) is 79.3 Å². The molecule has 0 spiro atoms. The zero-order valence-corrected chi connectivity index (χ0v) is 17.4. The van der Waals surface area contributed by atoms with E-state index in [0.717, 1.165) is 53.8 Å². The van der Waals surface area contributed by atoms with Gasteiger partial charge in [0.1, 0.15) is 0 Å². The Morgan fingerprint density at radius 1 is 1.07 bits per heavy atom. The Morgan fingerprint density at radius 2 is 1.87 bits per heavy atom. The molecule has 0 saturated carbocycles. The number of urea groups is 1. The minimum Gasteiger partial charge on any atom is -0.339 e. The number of hydrogen-bond acceptors (Lipinski definition) is 3. The largest absolute Gasteiger partial charge is 0.339 e. The monoisotopic (exact) mass is 405 g/mol. The van der Waals surface area contributed by atoms with Crippen molar-refractivity contribution < 1.29 is 9.59 Å². The number of hydrogen-bond donors (Lipinski definition) is 2. The van der Waals surface area contributed by atoms with Gasteiger partial charge in [-0.25, -0.2) is 9.78 Å². The molecule has 0 aliphatic carbocycles. The Hall–Kier alpha value is -3.35. The van der Waals surface area contributed by atoms with Crippen LogP contribution in [0.3, 0.4) is 0 Å². The van der Waals surface area contributed by atoms with Crippen molar-refractivity contribution in [1.82, 2.24) is 19.8 Å². The third-order valence-corrected chi connectivity index (χ3v) is 5.54. The van der Waals surface area contributed by atoms with Gasteiger partial charge in [-0.15, -0.1) is 0 Å². The zero-order chi connectivity index (χ0) is 21.1. The summed E-state index contributed by atoms with van der Waals surface area (Å²) in [6.45, 7) is 6.70. The minimum absolute atomic E-state index is 0.0775. The second-order valence-corrected chi connectivity index (χ2v) is 7.84. The van der Waals surface area contributed by atoms with E-state index in [1.807, 2.05) is 59.7 Å². The molecule has 0 atom stereocenters. The molecular formula is C23H27N5O2. The van der Waals surface area contributed by atoms with Gasteiger partial charge < -0.3 is 20.1 Å². The van der Waals surface area contributed by atoms with E-state index in [2.05, 4.69) is 15.6 Å². The fourth-order valence-corrected chi connectivity index (χ4v) is 3.80. The van der Waals surface area contributed by atoms with Gasteiger partial charge in [0, 0.05) is 37.4 Å². The van der Waals surface area contributed by atoms with Crippen molar-refractivity contribution >= 4 is 28.7 Å². The number of nitrogens with one attached hydrogen (secondary N) is 2. The second kappa shape index (κ2) is 8.57. The minimum atomic E-state index is -0.230. The van der Waals surface area contributed by atoms with Crippen molar-refractivity contribution in [2.45, 2.75) is 33.2 Å². The molecule has 0 radical (unpaired) electrons. The molecule has 2 heterocycles. The number of carbonyl (C=O) groups excluding carboxylic acids is 2. The first-order chi connectivity index (χ1) is 14.5. The maximum Gasteiger partial charge on any atom is 0.319 e. The molecule has 0 bridgehead atoms. The maximum absolute atomic E-state index is 12.6. The van der Waals surface area contributed by atoms with Crippen LogP contribution in [0.5, 0.6) is 0 Å². The molecule has 1 aromatic heterocycles. The number of nitrogens with zero attached hydrogens (tertiary/aromatic N) is 3. The van der Waals surface area contributed by atoms with Gasteiger partial charge in [0.2, 0.25) is 0 Å². The first-order valence-electron chi connectivity index (χ1n) is 10.4. The number of likely N-dealkylation sites (tertiary alicyclic amines) is 1. The van der Waals surface area contributed by atoms with E-state index >= 15 is 0 Å². The molecule has 0 unspecified atom stereocenters. The predicted molar refractivity (Wildman–Crippen MR) is 118 cm³/mol. The van der Waals surface area contributed by atoms with Gasteiger partial charge in [0.15, 0.2) is 0 Å². The number of benzene rings is 2. The molecule has 156 valence electrons. The maximum atomic E-state index is 12.6. The third-order valence-electron chi connectivity index (χ3n) is 5.54. The Balaban J connectivity index is 1.35. The molecule has 1 fully saturated rings. The molecule has 1 aliphatic rings. The first kappa shape index (κ1) is 19.9. The van der Waals surface area contributed by atoms with Gasteiger partial charge in [-0.05, 0) is 62.1 Å². The highest BCUT2D eigenvalue weighted by Crippen LogP contribution is 2.19. The van der Waals surface area contributed by atoms with Crippen LogP contribution in [0.1, 0.15) is 34.3 Å². The number of aromatic nitrogens is 2. The fourth-order valence-electron chi connectivity index (χ4n) is 3.80. The van der Waals surface area contributed by atoms with Crippen LogP contribution in [-0.2, 0) is 6.54 Å². The van der Waals surface area contributed by atoms with Gasteiger partial charge in [0.25, 0.3) is 5.91 Å². The molecule has 7 nitrogen and oxygen atoms in total. The summed E-state index contributed by atoms with van der Waals surface area (Å²) in [7, 11) is 0. The summed E-state index contributed by atoms with van der Waals surface area (Å²) >= 11 is 0. The van der Waals surface area contributed by atoms with Crippen molar-refractivity contribution in [3.63, 3.8) is 0 Å². The Bertz CT molecular complexity index is 1080. The average Bonchev–Trinajstić information content (AvgIpc) is 3.40. The zero-order valence-electron chi connectivity index (χ0n) is 17.4. The van der Waals surface area contributed by atoms with Gasteiger partial charge in [-0.3, -0.25) is 4.79 Å². The first-order valence-corrected chi connectivity index (χ1v) is 10.4. The lowest BCUT2D eigenvalue weighted by Gasteiger charge is -2.15. The van der Waals surface area contributed by atoms with E-state index in [1.54, 1.807) is 6.33 Å². The molecule has 1 aliphatic heterocycles. The number of amides is 3. The normalized spacial score (nSPS) is 13.6. The molecule has 1 saturated heterocycles. The summed E-state index contributed by atoms with van der Waals surface area (Å²) in [4.78, 5) is 31.1. The van der Waals surface area contributed by atoms with E-state index in [4.69, 9.17) is 0 Å². The summed E-state index contributed by atoms with van der Waals surface area (Å²) in [5, 5.41) is 5.79. The van der Waals surface area contributed by atoms with E-state index in [-0.39, 0.29) is 11.9 Å². The molecular weight excluding hydrogens is 378 g/mol. The molecule has 3 amide bonds. The van der Waals surface area contributed by atoms with Crippen LogP contribution in [0.4, 0.5) is 10.5 Å².